The lowest BCUT2D eigenvalue weighted by Crippen LogP contribution is -2.60. The summed E-state index contributed by atoms with van der Waals surface area (Å²) in [6.07, 6.45) is 6.05. The van der Waals surface area contributed by atoms with Crippen LogP contribution in [0.25, 0.3) is 0 Å². The molecule has 1 amide bonds. The smallest absolute Gasteiger partial charge is 0.410 e. The van der Waals surface area contributed by atoms with Crippen molar-refractivity contribution in [2.24, 2.45) is 5.92 Å². The van der Waals surface area contributed by atoms with Crippen molar-refractivity contribution in [3.8, 4) is 0 Å². The van der Waals surface area contributed by atoms with Gasteiger partial charge in [-0.25, -0.2) is 4.79 Å². The maximum absolute atomic E-state index is 12.0. The summed E-state index contributed by atoms with van der Waals surface area (Å²) < 4.78 is 5.13. The summed E-state index contributed by atoms with van der Waals surface area (Å²) in [6, 6.07) is 0. The van der Waals surface area contributed by atoms with Crippen molar-refractivity contribution in [3.63, 3.8) is 0 Å². The third-order valence-corrected chi connectivity index (χ3v) is 4.29. The van der Waals surface area contributed by atoms with Crippen LogP contribution in [0.1, 0.15) is 38.5 Å². The molecule has 0 aromatic heterocycles. The zero-order valence-electron chi connectivity index (χ0n) is 11.1. The van der Waals surface area contributed by atoms with E-state index >= 15 is 0 Å². The quantitative estimate of drug-likeness (QED) is 0.794. The van der Waals surface area contributed by atoms with E-state index in [2.05, 4.69) is 6.58 Å². The molecule has 1 N–H and O–H groups in total. The van der Waals surface area contributed by atoms with Crippen LogP contribution in [0.4, 0.5) is 4.79 Å². The number of likely N-dealkylation sites (tertiary alicyclic amines) is 1. The molecule has 19 heavy (non-hydrogen) atoms. The largest absolute Gasteiger partial charge is 0.481 e. The summed E-state index contributed by atoms with van der Waals surface area (Å²) in [5, 5.41) is 8.90. The number of carboxylic acids is 1. The average Bonchev–Trinajstić information content (AvgIpc) is 2.33. The lowest BCUT2D eigenvalue weighted by Gasteiger charge is -2.54. The fourth-order valence-electron chi connectivity index (χ4n) is 3.27. The number of amides is 1. The fourth-order valence-corrected chi connectivity index (χ4v) is 3.27. The van der Waals surface area contributed by atoms with Gasteiger partial charge in [-0.1, -0.05) is 12.7 Å². The fraction of sp³-hybridized carbons (Fsp3) is 0.714. The van der Waals surface area contributed by atoms with E-state index in [0.717, 1.165) is 32.1 Å². The first-order chi connectivity index (χ1) is 9.07. The van der Waals surface area contributed by atoms with Gasteiger partial charge in [0.1, 0.15) is 6.61 Å². The van der Waals surface area contributed by atoms with Gasteiger partial charge in [0.25, 0.3) is 0 Å². The van der Waals surface area contributed by atoms with E-state index in [1.54, 1.807) is 6.08 Å². The van der Waals surface area contributed by atoms with Crippen molar-refractivity contribution >= 4 is 12.1 Å². The van der Waals surface area contributed by atoms with Gasteiger partial charge in [-0.3, -0.25) is 4.79 Å². The highest BCUT2D eigenvalue weighted by atomic mass is 16.6. The van der Waals surface area contributed by atoms with E-state index in [-0.39, 0.29) is 30.6 Å². The van der Waals surface area contributed by atoms with Gasteiger partial charge in [0.05, 0.1) is 0 Å². The summed E-state index contributed by atoms with van der Waals surface area (Å²) >= 11 is 0. The molecule has 0 aromatic carbocycles. The van der Waals surface area contributed by atoms with E-state index in [9.17, 15) is 9.59 Å². The van der Waals surface area contributed by atoms with Crippen molar-refractivity contribution < 1.29 is 19.4 Å². The van der Waals surface area contributed by atoms with Gasteiger partial charge < -0.3 is 14.7 Å². The second kappa shape index (κ2) is 5.63. The second-order valence-corrected chi connectivity index (χ2v) is 5.55. The lowest BCUT2D eigenvalue weighted by molar-refractivity contribution is -0.139. The molecule has 5 heteroatoms. The SMILES string of the molecule is C=CCOC(=O)N1CCC(CC(=O)O)CC12CCC2. The molecule has 1 unspecified atom stereocenters. The number of nitrogens with zero attached hydrogens (tertiary/aromatic N) is 1. The molecule has 1 saturated heterocycles. The molecule has 1 atom stereocenters. The molecule has 0 aromatic rings. The highest BCUT2D eigenvalue weighted by Gasteiger charge is 2.49. The highest BCUT2D eigenvalue weighted by molar-refractivity contribution is 5.70. The van der Waals surface area contributed by atoms with Gasteiger partial charge in [-0.05, 0) is 38.0 Å². The molecule has 1 aliphatic carbocycles. The number of carbonyl (C=O) groups excluding carboxylic acids is 1. The molecule has 1 heterocycles. The molecule has 2 rings (SSSR count). The van der Waals surface area contributed by atoms with Crippen molar-refractivity contribution in [2.75, 3.05) is 13.2 Å². The minimum absolute atomic E-state index is 0.142. The Morgan fingerprint density at radius 3 is 2.74 bits per heavy atom. The van der Waals surface area contributed by atoms with Crippen LogP contribution >= 0.6 is 0 Å². The summed E-state index contributed by atoms with van der Waals surface area (Å²) in [7, 11) is 0. The number of aliphatic carboxylic acids is 1. The zero-order valence-corrected chi connectivity index (χ0v) is 11.1. The zero-order chi connectivity index (χ0) is 13.9. The third-order valence-electron chi connectivity index (χ3n) is 4.29. The maximum Gasteiger partial charge on any atom is 0.410 e. The van der Waals surface area contributed by atoms with Crippen LogP contribution in [0.2, 0.25) is 0 Å². The first-order valence-corrected chi connectivity index (χ1v) is 6.84. The average molecular weight is 267 g/mol. The Labute approximate surface area is 113 Å². The Morgan fingerprint density at radius 2 is 2.21 bits per heavy atom. The van der Waals surface area contributed by atoms with Crippen LogP contribution in [-0.2, 0) is 9.53 Å². The van der Waals surface area contributed by atoms with Crippen LogP contribution in [0.5, 0.6) is 0 Å². The summed E-state index contributed by atoms with van der Waals surface area (Å²) in [5.74, 6) is -0.566. The number of hydrogen-bond donors (Lipinski definition) is 1. The summed E-state index contributed by atoms with van der Waals surface area (Å²) in [6.45, 7) is 4.36. The van der Waals surface area contributed by atoms with Crippen LogP contribution in [0, 0.1) is 5.92 Å². The van der Waals surface area contributed by atoms with Crippen LogP contribution in [0.15, 0.2) is 12.7 Å². The normalized spacial score (nSPS) is 24.6. The first-order valence-electron chi connectivity index (χ1n) is 6.84. The van der Waals surface area contributed by atoms with Crippen molar-refractivity contribution in [1.29, 1.82) is 0 Å². The van der Waals surface area contributed by atoms with Crippen molar-refractivity contribution in [1.82, 2.24) is 4.90 Å². The number of rotatable bonds is 4. The maximum atomic E-state index is 12.0. The number of carbonyl (C=O) groups is 2. The minimum atomic E-state index is -0.748. The molecular formula is C14H21NO4. The highest BCUT2D eigenvalue weighted by Crippen LogP contribution is 2.47. The Morgan fingerprint density at radius 1 is 1.47 bits per heavy atom. The molecule has 1 saturated carbocycles. The van der Waals surface area contributed by atoms with Gasteiger partial charge in [0, 0.05) is 18.5 Å². The van der Waals surface area contributed by atoms with E-state index in [0.29, 0.717) is 6.54 Å². The summed E-state index contributed by atoms with van der Waals surface area (Å²) in [5.41, 5.74) is -0.142. The molecular weight excluding hydrogens is 246 g/mol. The lowest BCUT2D eigenvalue weighted by atomic mass is 9.67. The van der Waals surface area contributed by atoms with E-state index < -0.39 is 5.97 Å². The minimum Gasteiger partial charge on any atom is -0.481 e. The Hall–Kier alpha value is -1.52. The van der Waals surface area contributed by atoms with Gasteiger partial charge in [-0.15, -0.1) is 0 Å². The van der Waals surface area contributed by atoms with Gasteiger partial charge in [0.15, 0.2) is 0 Å². The number of ether oxygens (including phenoxy) is 1. The topological polar surface area (TPSA) is 66.8 Å². The summed E-state index contributed by atoms with van der Waals surface area (Å²) in [4.78, 5) is 24.7. The number of hydrogen-bond acceptors (Lipinski definition) is 3. The van der Waals surface area contributed by atoms with Gasteiger partial charge in [-0.2, -0.15) is 0 Å². The van der Waals surface area contributed by atoms with Crippen molar-refractivity contribution in [2.45, 2.75) is 44.1 Å². The monoisotopic (exact) mass is 267 g/mol. The number of piperidine rings is 1. The second-order valence-electron chi connectivity index (χ2n) is 5.55. The molecule has 1 spiro atoms. The van der Waals surface area contributed by atoms with E-state index in [1.165, 1.54) is 0 Å². The third kappa shape index (κ3) is 2.91. The van der Waals surface area contributed by atoms with Crippen LogP contribution in [0.3, 0.4) is 0 Å². The molecule has 106 valence electrons. The molecule has 2 aliphatic rings. The van der Waals surface area contributed by atoms with Gasteiger partial charge >= 0.3 is 12.1 Å². The first kappa shape index (κ1) is 13.9. The molecule has 0 bridgehead atoms. The van der Waals surface area contributed by atoms with Crippen molar-refractivity contribution in [3.05, 3.63) is 12.7 Å². The Balaban J connectivity index is 2.00. The standard InChI is InChI=1S/C14H21NO4/c1-2-8-19-13(18)15-7-4-11(9-12(16)17)10-14(15)5-3-6-14/h2,11H,1,3-10H2,(H,16,17). The van der Waals surface area contributed by atoms with Crippen LogP contribution in [-0.4, -0.2) is 40.8 Å². The van der Waals surface area contributed by atoms with Gasteiger partial charge in [0.2, 0.25) is 0 Å². The predicted octanol–water partition coefficient (Wildman–Crippen LogP) is 2.42. The molecule has 2 fully saturated rings. The molecule has 5 nitrogen and oxygen atoms in total. The predicted molar refractivity (Wildman–Crippen MR) is 69.8 cm³/mol. The van der Waals surface area contributed by atoms with E-state index in [1.807, 2.05) is 4.90 Å². The van der Waals surface area contributed by atoms with Crippen LogP contribution < -0.4 is 0 Å². The molecule has 1 aliphatic heterocycles. The molecule has 0 radical (unpaired) electrons. The number of carboxylic acid groups (broad SMARTS) is 1. The Bertz CT molecular complexity index is 376. The van der Waals surface area contributed by atoms with E-state index in [4.69, 9.17) is 9.84 Å². The Kier molecular flexibility index (Phi) is 4.12.